The van der Waals surface area contributed by atoms with E-state index in [1.165, 1.54) is 35.6 Å². The number of benzene rings is 2. The van der Waals surface area contributed by atoms with Crippen LogP contribution in [0.3, 0.4) is 0 Å². The third kappa shape index (κ3) is 5.55. The van der Waals surface area contributed by atoms with Gasteiger partial charge in [-0.1, -0.05) is 29.0 Å². The molecule has 0 bridgehead atoms. The number of sulfone groups is 1. The molecule has 4 rings (SSSR count). The van der Waals surface area contributed by atoms with Gasteiger partial charge >= 0.3 is 0 Å². The first-order valence-electron chi connectivity index (χ1n) is 10.5. The Bertz CT molecular complexity index is 1390. The monoisotopic (exact) mass is 515 g/mol. The molecule has 176 valence electrons. The largest absolute Gasteiger partial charge is 0.494 e. The van der Waals surface area contributed by atoms with E-state index in [1.807, 2.05) is 30.3 Å². The van der Waals surface area contributed by atoms with Crippen molar-refractivity contribution in [3.8, 4) is 5.75 Å². The summed E-state index contributed by atoms with van der Waals surface area (Å²) in [5, 5.41) is 0.996. The van der Waals surface area contributed by atoms with Gasteiger partial charge in [0, 0.05) is 23.8 Å². The molecule has 0 unspecified atom stereocenters. The number of aromatic nitrogens is 2. The number of nitrogens with zero attached hydrogens (tertiary/aromatic N) is 3. The maximum atomic E-state index is 13.3. The molecule has 0 aliphatic carbocycles. The van der Waals surface area contributed by atoms with Crippen molar-refractivity contribution in [2.75, 3.05) is 17.8 Å². The summed E-state index contributed by atoms with van der Waals surface area (Å²) in [6.07, 6.45) is 3.58. The minimum absolute atomic E-state index is 0.0605. The Labute approximate surface area is 206 Å². The zero-order valence-electron chi connectivity index (χ0n) is 18.3. The van der Waals surface area contributed by atoms with E-state index in [9.17, 15) is 13.2 Å². The second-order valence-corrected chi connectivity index (χ2v) is 11.1. The number of para-hydroxylation sites is 1. The molecule has 2 aromatic heterocycles. The quantitative estimate of drug-likeness (QED) is 0.306. The predicted molar refractivity (Wildman–Crippen MR) is 134 cm³/mol. The van der Waals surface area contributed by atoms with Crippen molar-refractivity contribution in [1.29, 1.82) is 0 Å². The van der Waals surface area contributed by atoms with Crippen LogP contribution < -0.4 is 9.64 Å². The van der Waals surface area contributed by atoms with Crippen LogP contribution in [0, 0.1) is 0 Å². The highest BCUT2D eigenvalue weighted by Crippen LogP contribution is 2.35. The highest BCUT2D eigenvalue weighted by atomic mass is 35.5. The second-order valence-electron chi connectivity index (χ2n) is 7.52. The number of carbonyl (C=O) groups excluding carboxylic acids is 1. The number of ether oxygens (including phenoxy) is 1. The first-order valence-corrected chi connectivity index (χ1v) is 13.3. The molecule has 0 aliphatic heterocycles. The summed E-state index contributed by atoms with van der Waals surface area (Å²) in [7, 11) is -1.94. The van der Waals surface area contributed by atoms with E-state index in [-0.39, 0.29) is 29.4 Å². The van der Waals surface area contributed by atoms with E-state index in [4.69, 9.17) is 16.3 Å². The molecule has 1 amide bonds. The minimum Gasteiger partial charge on any atom is -0.494 e. The molecule has 0 atom stereocenters. The maximum absolute atomic E-state index is 13.3. The summed E-state index contributed by atoms with van der Waals surface area (Å²) < 4.78 is 31.6. The molecule has 0 saturated heterocycles. The van der Waals surface area contributed by atoms with Gasteiger partial charge in [0.15, 0.2) is 15.0 Å². The number of fused-ring (bicyclic) bond motifs is 1. The zero-order valence-corrected chi connectivity index (χ0v) is 20.7. The molecule has 7 nitrogen and oxygen atoms in total. The fraction of sp³-hybridized carbons (Fsp3) is 0.208. The van der Waals surface area contributed by atoms with Crippen LogP contribution >= 0.6 is 22.9 Å². The van der Waals surface area contributed by atoms with Crippen molar-refractivity contribution in [3.63, 3.8) is 0 Å². The van der Waals surface area contributed by atoms with E-state index in [0.717, 1.165) is 10.3 Å². The molecule has 0 saturated carbocycles. The maximum Gasteiger partial charge on any atom is 0.229 e. The van der Waals surface area contributed by atoms with E-state index >= 15 is 0 Å². The van der Waals surface area contributed by atoms with Crippen LogP contribution in [0.25, 0.3) is 10.2 Å². The third-order valence-corrected chi connectivity index (χ3v) is 8.30. The predicted octanol–water partition coefficient (Wildman–Crippen LogP) is 5.14. The Kier molecular flexibility index (Phi) is 7.45. The van der Waals surface area contributed by atoms with Crippen molar-refractivity contribution in [2.45, 2.75) is 24.3 Å². The zero-order chi connectivity index (χ0) is 24.1. The summed E-state index contributed by atoms with van der Waals surface area (Å²) >= 11 is 7.24. The van der Waals surface area contributed by atoms with Crippen LogP contribution in [0.2, 0.25) is 5.02 Å². The Balaban J connectivity index is 1.54. The third-order valence-electron chi connectivity index (χ3n) is 5.19. The SMILES string of the molecule is COc1cccc2sc(N(Cc3ccncc3)C(=O)CCCS(=O)(=O)c3ccc(Cl)cc3)nc12. The van der Waals surface area contributed by atoms with E-state index in [2.05, 4.69) is 9.97 Å². The van der Waals surface area contributed by atoms with Crippen LogP contribution in [0.15, 0.2) is 71.9 Å². The van der Waals surface area contributed by atoms with Crippen molar-refractivity contribution in [2.24, 2.45) is 0 Å². The first-order chi connectivity index (χ1) is 16.4. The van der Waals surface area contributed by atoms with Gasteiger partial charge in [-0.2, -0.15) is 0 Å². The smallest absolute Gasteiger partial charge is 0.229 e. The molecule has 0 aliphatic rings. The van der Waals surface area contributed by atoms with Crippen molar-refractivity contribution < 1.29 is 17.9 Å². The Morgan fingerprint density at radius 1 is 1.09 bits per heavy atom. The van der Waals surface area contributed by atoms with E-state index < -0.39 is 9.84 Å². The van der Waals surface area contributed by atoms with Gasteiger partial charge < -0.3 is 4.74 Å². The molecule has 10 heteroatoms. The van der Waals surface area contributed by atoms with Gasteiger partial charge in [-0.3, -0.25) is 14.7 Å². The van der Waals surface area contributed by atoms with Crippen LogP contribution in [-0.2, 0) is 21.2 Å². The number of hydrogen-bond acceptors (Lipinski definition) is 7. The lowest BCUT2D eigenvalue weighted by Gasteiger charge is -2.20. The fourth-order valence-electron chi connectivity index (χ4n) is 3.43. The first kappa shape index (κ1) is 24.1. The van der Waals surface area contributed by atoms with E-state index in [1.54, 1.807) is 24.4 Å². The second kappa shape index (κ2) is 10.5. The van der Waals surface area contributed by atoms with Crippen LogP contribution in [0.4, 0.5) is 5.13 Å². The minimum atomic E-state index is -3.52. The normalized spacial score (nSPS) is 11.5. The Morgan fingerprint density at radius 3 is 2.53 bits per heavy atom. The molecule has 2 aromatic carbocycles. The highest BCUT2D eigenvalue weighted by Gasteiger charge is 2.22. The summed E-state index contributed by atoms with van der Waals surface area (Å²) in [5.74, 6) is 0.281. The van der Waals surface area contributed by atoms with Gasteiger partial charge in [-0.05, 0) is 60.5 Å². The fourth-order valence-corrected chi connectivity index (χ4v) is 5.87. The van der Waals surface area contributed by atoms with Gasteiger partial charge in [-0.15, -0.1) is 0 Å². The summed E-state index contributed by atoms with van der Waals surface area (Å²) in [6, 6.07) is 15.3. The van der Waals surface area contributed by atoms with Crippen LogP contribution in [-0.4, -0.2) is 37.2 Å². The molecule has 0 fully saturated rings. The number of hydrogen-bond donors (Lipinski definition) is 0. The molecule has 34 heavy (non-hydrogen) atoms. The molecular weight excluding hydrogens is 494 g/mol. The van der Waals surface area contributed by atoms with Crippen LogP contribution in [0.5, 0.6) is 5.75 Å². The number of carbonyl (C=O) groups is 1. The number of anilines is 1. The molecule has 0 N–H and O–H groups in total. The van der Waals surface area contributed by atoms with E-state index in [0.29, 0.717) is 28.0 Å². The summed E-state index contributed by atoms with van der Waals surface area (Å²) in [6.45, 7) is 0.299. The van der Waals surface area contributed by atoms with Gasteiger partial charge in [0.1, 0.15) is 11.3 Å². The highest BCUT2D eigenvalue weighted by molar-refractivity contribution is 7.91. The molecule has 2 heterocycles. The lowest BCUT2D eigenvalue weighted by atomic mass is 10.2. The molecule has 0 radical (unpaired) electrons. The number of methoxy groups -OCH3 is 1. The van der Waals surface area contributed by atoms with Crippen molar-refractivity contribution >= 4 is 54.0 Å². The summed E-state index contributed by atoms with van der Waals surface area (Å²) in [4.78, 5) is 23.8. The Hall–Kier alpha value is -3.01. The van der Waals surface area contributed by atoms with Gasteiger partial charge in [-0.25, -0.2) is 13.4 Å². The number of rotatable bonds is 9. The van der Waals surface area contributed by atoms with Crippen molar-refractivity contribution in [1.82, 2.24) is 9.97 Å². The lowest BCUT2D eigenvalue weighted by molar-refractivity contribution is -0.118. The van der Waals surface area contributed by atoms with Crippen LogP contribution in [0.1, 0.15) is 18.4 Å². The average Bonchev–Trinajstić information content (AvgIpc) is 3.27. The topological polar surface area (TPSA) is 89.5 Å². The Morgan fingerprint density at radius 2 is 1.82 bits per heavy atom. The van der Waals surface area contributed by atoms with Gasteiger partial charge in [0.2, 0.25) is 5.91 Å². The summed E-state index contributed by atoms with van der Waals surface area (Å²) in [5.41, 5.74) is 1.58. The van der Waals surface area contributed by atoms with Gasteiger partial charge in [0.25, 0.3) is 0 Å². The molecule has 4 aromatic rings. The molecule has 0 spiro atoms. The average molecular weight is 516 g/mol. The number of pyridine rings is 1. The number of halogens is 1. The van der Waals surface area contributed by atoms with Crippen molar-refractivity contribution in [3.05, 3.63) is 77.6 Å². The number of amides is 1. The number of thiazole rings is 1. The standard InChI is InChI=1S/C24H22ClN3O4S2/c1-32-20-4-2-5-21-23(20)27-24(33-21)28(16-17-11-13-26-14-12-17)22(29)6-3-15-34(30,31)19-9-7-18(25)8-10-19/h2,4-5,7-14H,3,6,15-16H2,1H3. The molecular formula is C24H22ClN3O4S2. The lowest BCUT2D eigenvalue weighted by Crippen LogP contribution is -2.30. The van der Waals surface area contributed by atoms with Gasteiger partial charge in [0.05, 0.1) is 29.0 Å².